The first kappa shape index (κ1) is 19.7. The number of aromatic nitrogens is 2. The number of hydrogen-bond donors (Lipinski definition) is 0. The van der Waals surface area contributed by atoms with Crippen molar-refractivity contribution in [2.24, 2.45) is 7.05 Å². The van der Waals surface area contributed by atoms with Crippen molar-refractivity contribution in [2.45, 2.75) is 70.9 Å². The van der Waals surface area contributed by atoms with Crippen LogP contribution in [0.1, 0.15) is 69.1 Å². The summed E-state index contributed by atoms with van der Waals surface area (Å²) in [6, 6.07) is 2.10. The van der Waals surface area contributed by atoms with E-state index in [9.17, 15) is 9.59 Å². The summed E-state index contributed by atoms with van der Waals surface area (Å²) >= 11 is 0. The maximum atomic E-state index is 12.9. The van der Waals surface area contributed by atoms with E-state index in [1.54, 1.807) is 4.68 Å². The minimum absolute atomic E-state index is 0.0164. The molecule has 2 aliphatic rings. The van der Waals surface area contributed by atoms with Crippen molar-refractivity contribution in [1.29, 1.82) is 0 Å². The van der Waals surface area contributed by atoms with Crippen LogP contribution < -0.4 is 0 Å². The van der Waals surface area contributed by atoms with E-state index in [1.165, 1.54) is 0 Å². The van der Waals surface area contributed by atoms with Crippen LogP contribution in [0.5, 0.6) is 0 Å². The van der Waals surface area contributed by atoms with Crippen LogP contribution in [-0.4, -0.2) is 62.9 Å². The molecule has 1 spiro atoms. The van der Waals surface area contributed by atoms with E-state index < -0.39 is 5.60 Å². The Morgan fingerprint density at radius 2 is 2.00 bits per heavy atom. The smallest absolute Gasteiger partial charge is 0.410 e. The lowest BCUT2D eigenvalue weighted by atomic mass is 9.90. The number of ether oxygens (including phenoxy) is 1. The zero-order chi connectivity index (χ0) is 19.6. The summed E-state index contributed by atoms with van der Waals surface area (Å²) in [7, 11) is 1.82. The number of aryl methyl sites for hydroxylation is 2. The van der Waals surface area contributed by atoms with Gasteiger partial charge in [0.05, 0.1) is 12.2 Å². The van der Waals surface area contributed by atoms with Gasteiger partial charge in [-0.05, 0) is 25.8 Å². The Labute approximate surface area is 161 Å². The molecule has 27 heavy (non-hydrogen) atoms. The number of carbonyl (C=O) groups is 2. The number of piperidine rings is 1. The zero-order valence-electron chi connectivity index (χ0n) is 17.0. The minimum Gasteiger partial charge on any atom is -0.441 e. The van der Waals surface area contributed by atoms with Gasteiger partial charge in [-0.3, -0.25) is 9.48 Å². The number of nitrogens with zero attached hydrogens (tertiary/aromatic N) is 4. The second-order valence-electron chi connectivity index (χ2n) is 8.00. The van der Waals surface area contributed by atoms with Crippen molar-refractivity contribution in [3.8, 4) is 0 Å². The lowest BCUT2D eigenvalue weighted by Crippen LogP contribution is -2.49. The van der Waals surface area contributed by atoms with Crippen LogP contribution in [0, 0.1) is 0 Å². The van der Waals surface area contributed by atoms with Crippen molar-refractivity contribution in [1.82, 2.24) is 19.6 Å². The van der Waals surface area contributed by atoms with Gasteiger partial charge in [0, 0.05) is 39.0 Å². The fourth-order valence-electron chi connectivity index (χ4n) is 4.21. The summed E-state index contributed by atoms with van der Waals surface area (Å²) < 4.78 is 7.48. The fourth-order valence-corrected chi connectivity index (χ4v) is 4.21. The van der Waals surface area contributed by atoms with Gasteiger partial charge in [0.2, 0.25) is 0 Å². The van der Waals surface area contributed by atoms with Crippen molar-refractivity contribution in [2.75, 3.05) is 19.6 Å². The number of carbonyl (C=O) groups excluding carboxylic acids is 2. The van der Waals surface area contributed by atoms with Crippen LogP contribution in [0.15, 0.2) is 6.07 Å². The van der Waals surface area contributed by atoms with Gasteiger partial charge in [0.25, 0.3) is 5.91 Å². The molecule has 2 amide bonds. The van der Waals surface area contributed by atoms with Gasteiger partial charge in [-0.25, -0.2) is 4.79 Å². The van der Waals surface area contributed by atoms with Gasteiger partial charge in [-0.1, -0.05) is 26.7 Å². The molecule has 7 nitrogen and oxygen atoms in total. The number of hydrogen-bond acceptors (Lipinski definition) is 4. The summed E-state index contributed by atoms with van der Waals surface area (Å²) in [6.07, 6.45) is 5.10. The van der Waals surface area contributed by atoms with Gasteiger partial charge in [0.15, 0.2) is 0 Å². The predicted octanol–water partition coefficient (Wildman–Crippen LogP) is 2.99. The van der Waals surface area contributed by atoms with E-state index in [1.807, 2.05) is 22.9 Å². The maximum absolute atomic E-state index is 12.9. The molecule has 2 aliphatic heterocycles. The quantitative estimate of drug-likeness (QED) is 0.765. The molecule has 1 unspecified atom stereocenters. The molecule has 2 fully saturated rings. The second kappa shape index (κ2) is 7.90. The van der Waals surface area contributed by atoms with Crippen LogP contribution in [0.4, 0.5) is 4.79 Å². The Balaban J connectivity index is 1.62. The topological polar surface area (TPSA) is 67.7 Å². The zero-order valence-corrected chi connectivity index (χ0v) is 17.0. The second-order valence-corrected chi connectivity index (χ2v) is 8.00. The summed E-state index contributed by atoms with van der Waals surface area (Å²) in [4.78, 5) is 29.0. The highest BCUT2D eigenvalue weighted by molar-refractivity contribution is 5.92. The Morgan fingerprint density at radius 1 is 1.30 bits per heavy atom. The third-order valence-electron chi connectivity index (χ3n) is 5.85. The molecule has 0 radical (unpaired) electrons. The van der Waals surface area contributed by atoms with Crippen LogP contribution in [-0.2, 0) is 18.2 Å². The molecular formula is C20H32N4O3. The van der Waals surface area contributed by atoms with E-state index >= 15 is 0 Å². The fraction of sp³-hybridized carbons (Fsp3) is 0.750. The van der Waals surface area contributed by atoms with Crippen LogP contribution in [0.2, 0.25) is 0 Å². The normalized spacial score (nSPS) is 20.2. The molecule has 1 aromatic heterocycles. The molecule has 0 saturated carbocycles. The summed E-state index contributed by atoms with van der Waals surface area (Å²) in [5.74, 6) is 0.0164. The van der Waals surface area contributed by atoms with E-state index in [4.69, 9.17) is 4.74 Å². The summed E-state index contributed by atoms with van der Waals surface area (Å²) in [5.41, 5.74) is 1.16. The Bertz CT molecular complexity index is 691. The first-order chi connectivity index (χ1) is 12.9. The predicted molar refractivity (Wildman–Crippen MR) is 103 cm³/mol. The SMILES string of the molecule is CCCc1cc(C(=O)N2CCC3(CC2)CN(C(C)CCC)C(=O)O3)n(C)n1. The van der Waals surface area contributed by atoms with Crippen molar-refractivity contribution in [3.63, 3.8) is 0 Å². The third-order valence-corrected chi connectivity index (χ3v) is 5.85. The molecular weight excluding hydrogens is 344 g/mol. The molecule has 3 rings (SSSR count). The molecule has 7 heteroatoms. The van der Waals surface area contributed by atoms with Crippen LogP contribution in [0.3, 0.4) is 0 Å². The Kier molecular flexibility index (Phi) is 5.77. The van der Waals surface area contributed by atoms with Gasteiger partial charge < -0.3 is 14.5 Å². The van der Waals surface area contributed by atoms with Gasteiger partial charge >= 0.3 is 6.09 Å². The van der Waals surface area contributed by atoms with Crippen molar-refractivity contribution in [3.05, 3.63) is 17.5 Å². The molecule has 0 aromatic carbocycles. The van der Waals surface area contributed by atoms with Gasteiger partial charge in [-0.15, -0.1) is 0 Å². The van der Waals surface area contributed by atoms with E-state index in [-0.39, 0.29) is 18.0 Å². The van der Waals surface area contributed by atoms with Crippen LogP contribution in [0.25, 0.3) is 0 Å². The minimum atomic E-state index is -0.435. The average molecular weight is 377 g/mol. The Hall–Kier alpha value is -2.05. The highest BCUT2D eigenvalue weighted by Crippen LogP contribution is 2.35. The van der Waals surface area contributed by atoms with E-state index in [2.05, 4.69) is 25.9 Å². The monoisotopic (exact) mass is 376 g/mol. The van der Waals surface area contributed by atoms with Crippen molar-refractivity contribution < 1.29 is 14.3 Å². The van der Waals surface area contributed by atoms with E-state index in [0.29, 0.717) is 38.2 Å². The van der Waals surface area contributed by atoms with Gasteiger partial charge in [-0.2, -0.15) is 5.10 Å². The van der Waals surface area contributed by atoms with Crippen LogP contribution >= 0.6 is 0 Å². The maximum Gasteiger partial charge on any atom is 0.410 e. The molecule has 2 saturated heterocycles. The largest absolute Gasteiger partial charge is 0.441 e. The molecule has 0 aliphatic carbocycles. The Morgan fingerprint density at radius 3 is 2.63 bits per heavy atom. The molecule has 0 bridgehead atoms. The number of likely N-dealkylation sites (tertiary alicyclic amines) is 1. The molecule has 1 atom stereocenters. The molecule has 0 N–H and O–H groups in total. The highest BCUT2D eigenvalue weighted by Gasteiger charge is 2.48. The standard InChI is InChI=1S/C20H32N4O3/c1-5-7-15(3)24-14-20(27-19(24)26)9-11-23(12-10-20)18(25)17-13-16(8-6-2)21-22(17)4/h13,15H,5-12,14H2,1-4H3. The van der Waals surface area contributed by atoms with Crippen molar-refractivity contribution >= 4 is 12.0 Å². The lowest BCUT2D eigenvalue weighted by molar-refractivity contribution is 0.00277. The first-order valence-corrected chi connectivity index (χ1v) is 10.2. The summed E-state index contributed by atoms with van der Waals surface area (Å²) in [5, 5.41) is 4.44. The highest BCUT2D eigenvalue weighted by atomic mass is 16.6. The third kappa shape index (κ3) is 3.96. The number of rotatable bonds is 6. The molecule has 1 aromatic rings. The lowest BCUT2D eigenvalue weighted by Gasteiger charge is -2.37. The molecule has 150 valence electrons. The average Bonchev–Trinajstić information content (AvgIpc) is 3.15. The molecule has 3 heterocycles. The summed E-state index contributed by atoms with van der Waals surface area (Å²) in [6.45, 7) is 8.17. The van der Waals surface area contributed by atoms with E-state index in [0.717, 1.165) is 31.4 Å². The van der Waals surface area contributed by atoms with Gasteiger partial charge in [0.1, 0.15) is 11.3 Å². The number of amides is 2. The first-order valence-electron chi connectivity index (χ1n) is 10.2.